The topological polar surface area (TPSA) is 46.3 Å². The van der Waals surface area contributed by atoms with Crippen LogP contribution in [0.4, 0.5) is 0 Å². The van der Waals surface area contributed by atoms with Crippen LogP contribution in [0, 0.1) is 5.92 Å². The van der Waals surface area contributed by atoms with Crippen molar-refractivity contribution >= 4 is 5.91 Å². The summed E-state index contributed by atoms with van der Waals surface area (Å²) in [6.45, 7) is 5.50. The molecule has 0 fully saturated rings. The van der Waals surface area contributed by atoms with E-state index in [-0.39, 0.29) is 11.9 Å². The Kier molecular flexibility index (Phi) is 2.97. The van der Waals surface area contributed by atoms with Gasteiger partial charge in [-0.2, -0.15) is 0 Å². The van der Waals surface area contributed by atoms with Gasteiger partial charge in [0.05, 0.1) is 6.04 Å². The van der Waals surface area contributed by atoms with Crippen molar-refractivity contribution in [2.24, 2.45) is 11.7 Å². The minimum Gasteiger partial charge on any atom is -0.330 e. The Morgan fingerprint density at radius 1 is 1.38 bits per heavy atom. The number of benzene rings is 1. The van der Waals surface area contributed by atoms with E-state index in [1.165, 1.54) is 0 Å². The molecule has 1 aromatic rings. The Morgan fingerprint density at radius 2 is 2.06 bits per heavy atom. The molecule has 0 saturated heterocycles. The molecule has 0 saturated carbocycles. The first kappa shape index (κ1) is 11.1. The molecule has 0 unspecified atom stereocenters. The molecule has 1 heterocycles. The highest BCUT2D eigenvalue weighted by molar-refractivity contribution is 5.99. The van der Waals surface area contributed by atoms with Gasteiger partial charge in [-0.25, -0.2) is 0 Å². The number of carbonyl (C=O) groups excluding carboxylic acids is 1. The molecule has 0 bridgehead atoms. The zero-order chi connectivity index (χ0) is 11.7. The van der Waals surface area contributed by atoms with Gasteiger partial charge in [0.2, 0.25) is 0 Å². The fourth-order valence-electron chi connectivity index (χ4n) is 2.30. The van der Waals surface area contributed by atoms with E-state index in [1.54, 1.807) is 0 Å². The van der Waals surface area contributed by atoms with Crippen LogP contribution in [0.3, 0.4) is 0 Å². The third-order valence-electron chi connectivity index (χ3n) is 2.97. The maximum absolute atomic E-state index is 12.2. The summed E-state index contributed by atoms with van der Waals surface area (Å²) >= 11 is 0. The van der Waals surface area contributed by atoms with Gasteiger partial charge < -0.3 is 10.6 Å². The van der Waals surface area contributed by atoms with Gasteiger partial charge in [0.1, 0.15) is 0 Å². The van der Waals surface area contributed by atoms with Gasteiger partial charge >= 0.3 is 0 Å². The van der Waals surface area contributed by atoms with E-state index in [0.29, 0.717) is 12.5 Å². The van der Waals surface area contributed by atoms with Gasteiger partial charge in [-0.05, 0) is 17.5 Å². The van der Waals surface area contributed by atoms with Crippen LogP contribution < -0.4 is 5.73 Å². The molecule has 1 amide bonds. The molecule has 2 N–H and O–H groups in total. The number of hydrogen-bond acceptors (Lipinski definition) is 2. The van der Waals surface area contributed by atoms with Gasteiger partial charge in [-0.3, -0.25) is 4.79 Å². The molecule has 86 valence electrons. The van der Waals surface area contributed by atoms with Gasteiger partial charge in [0.15, 0.2) is 0 Å². The van der Waals surface area contributed by atoms with Crippen molar-refractivity contribution in [3.63, 3.8) is 0 Å². The molecule has 3 nitrogen and oxygen atoms in total. The summed E-state index contributed by atoms with van der Waals surface area (Å²) in [6.07, 6.45) is 0. The van der Waals surface area contributed by atoms with Gasteiger partial charge in [-0.15, -0.1) is 0 Å². The van der Waals surface area contributed by atoms with Gasteiger partial charge in [-0.1, -0.05) is 32.0 Å². The van der Waals surface area contributed by atoms with E-state index >= 15 is 0 Å². The van der Waals surface area contributed by atoms with Gasteiger partial charge in [0.25, 0.3) is 5.91 Å². The summed E-state index contributed by atoms with van der Waals surface area (Å²) in [5, 5.41) is 0. The molecule has 3 heteroatoms. The first-order valence-corrected chi connectivity index (χ1v) is 5.75. The lowest BCUT2D eigenvalue weighted by atomic mass is 10.0. The van der Waals surface area contributed by atoms with Crippen molar-refractivity contribution in [1.29, 1.82) is 0 Å². The van der Waals surface area contributed by atoms with E-state index < -0.39 is 0 Å². The number of carbonyl (C=O) groups is 1. The zero-order valence-corrected chi connectivity index (χ0v) is 9.81. The SMILES string of the molecule is CC(C)CN1C(=O)c2ccccc2[C@@H]1CN. The summed E-state index contributed by atoms with van der Waals surface area (Å²) < 4.78 is 0. The molecule has 1 aliphatic heterocycles. The van der Waals surface area contributed by atoms with E-state index in [0.717, 1.165) is 17.7 Å². The lowest BCUT2D eigenvalue weighted by molar-refractivity contribution is 0.0707. The standard InChI is InChI=1S/C13H18N2O/c1-9(2)8-15-12(7-14)10-5-3-4-6-11(10)13(15)16/h3-6,9,12H,7-8,14H2,1-2H3/t12-/m0/s1. The Balaban J connectivity index is 2.35. The molecular weight excluding hydrogens is 200 g/mol. The van der Waals surface area contributed by atoms with Crippen molar-refractivity contribution in [3.8, 4) is 0 Å². The zero-order valence-electron chi connectivity index (χ0n) is 9.81. The summed E-state index contributed by atoms with van der Waals surface area (Å²) in [5.74, 6) is 0.590. The Labute approximate surface area is 96.2 Å². The quantitative estimate of drug-likeness (QED) is 0.840. The number of nitrogens with two attached hydrogens (primary N) is 1. The first-order valence-electron chi connectivity index (χ1n) is 5.75. The molecule has 0 aliphatic carbocycles. The molecule has 2 rings (SSSR count). The van der Waals surface area contributed by atoms with E-state index in [9.17, 15) is 4.79 Å². The number of hydrogen-bond donors (Lipinski definition) is 1. The Morgan fingerprint density at radius 3 is 2.69 bits per heavy atom. The minimum absolute atomic E-state index is 0.0612. The van der Waals surface area contributed by atoms with Gasteiger partial charge in [0, 0.05) is 18.7 Å². The summed E-state index contributed by atoms with van der Waals surface area (Å²) in [5.41, 5.74) is 7.68. The van der Waals surface area contributed by atoms with Crippen molar-refractivity contribution < 1.29 is 4.79 Å². The van der Waals surface area contributed by atoms with Crippen LogP contribution in [0.2, 0.25) is 0 Å². The number of rotatable bonds is 3. The smallest absolute Gasteiger partial charge is 0.254 e. The lowest BCUT2D eigenvalue weighted by Crippen LogP contribution is -2.35. The predicted molar refractivity (Wildman–Crippen MR) is 64.1 cm³/mol. The number of fused-ring (bicyclic) bond motifs is 1. The monoisotopic (exact) mass is 218 g/mol. The minimum atomic E-state index is 0.0612. The molecule has 1 aliphatic rings. The van der Waals surface area contributed by atoms with Crippen molar-refractivity contribution in [1.82, 2.24) is 4.90 Å². The maximum atomic E-state index is 12.2. The summed E-state index contributed by atoms with van der Waals surface area (Å²) in [7, 11) is 0. The highest BCUT2D eigenvalue weighted by Crippen LogP contribution is 2.32. The molecule has 0 radical (unpaired) electrons. The normalized spacial score (nSPS) is 19.4. The Bertz CT molecular complexity index is 401. The van der Waals surface area contributed by atoms with Crippen LogP contribution in [0.1, 0.15) is 35.8 Å². The van der Waals surface area contributed by atoms with Crippen molar-refractivity contribution in [2.45, 2.75) is 19.9 Å². The lowest BCUT2D eigenvalue weighted by Gasteiger charge is -2.25. The second kappa shape index (κ2) is 4.26. The van der Waals surface area contributed by atoms with Crippen LogP contribution in [-0.4, -0.2) is 23.9 Å². The second-order valence-corrected chi connectivity index (χ2v) is 4.69. The number of nitrogens with zero attached hydrogens (tertiary/aromatic N) is 1. The highest BCUT2D eigenvalue weighted by Gasteiger charge is 2.35. The summed E-state index contributed by atoms with van der Waals surface area (Å²) in [4.78, 5) is 14.1. The van der Waals surface area contributed by atoms with Crippen LogP contribution in [0.15, 0.2) is 24.3 Å². The molecule has 1 aromatic carbocycles. The number of amides is 1. The maximum Gasteiger partial charge on any atom is 0.254 e. The molecule has 0 spiro atoms. The third-order valence-corrected chi connectivity index (χ3v) is 2.97. The fourth-order valence-corrected chi connectivity index (χ4v) is 2.30. The average Bonchev–Trinajstić information content (AvgIpc) is 2.52. The van der Waals surface area contributed by atoms with E-state index in [1.807, 2.05) is 29.2 Å². The van der Waals surface area contributed by atoms with Crippen LogP contribution in [0.5, 0.6) is 0 Å². The van der Waals surface area contributed by atoms with E-state index in [4.69, 9.17) is 5.73 Å². The molecule has 0 aromatic heterocycles. The van der Waals surface area contributed by atoms with Crippen LogP contribution >= 0.6 is 0 Å². The molecule has 16 heavy (non-hydrogen) atoms. The molecular formula is C13H18N2O. The molecule has 1 atom stereocenters. The van der Waals surface area contributed by atoms with Crippen molar-refractivity contribution in [2.75, 3.05) is 13.1 Å². The average molecular weight is 218 g/mol. The largest absolute Gasteiger partial charge is 0.330 e. The van der Waals surface area contributed by atoms with Crippen molar-refractivity contribution in [3.05, 3.63) is 35.4 Å². The first-order chi connectivity index (χ1) is 7.65. The third kappa shape index (κ3) is 1.71. The predicted octanol–water partition coefficient (Wildman–Crippen LogP) is 1.80. The highest BCUT2D eigenvalue weighted by atomic mass is 16.2. The van der Waals surface area contributed by atoms with Crippen LogP contribution in [-0.2, 0) is 0 Å². The second-order valence-electron chi connectivity index (χ2n) is 4.69. The fraction of sp³-hybridized carbons (Fsp3) is 0.462. The van der Waals surface area contributed by atoms with Crippen LogP contribution in [0.25, 0.3) is 0 Å². The summed E-state index contributed by atoms with van der Waals surface area (Å²) in [6, 6.07) is 7.83. The Hall–Kier alpha value is -1.35. The van der Waals surface area contributed by atoms with E-state index in [2.05, 4.69) is 13.8 Å².